The van der Waals surface area contributed by atoms with Gasteiger partial charge in [-0.3, -0.25) is 5.84 Å². The van der Waals surface area contributed by atoms with Gasteiger partial charge in [0.2, 0.25) is 10.0 Å². The number of hydrogen-bond acceptors (Lipinski definition) is 5. The van der Waals surface area contributed by atoms with Crippen LogP contribution in [0.15, 0.2) is 41.3 Å². The number of hydrogen-bond donors (Lipinski definition) is 3. The van der Waals surface area contributed by atoms with Gasteiger partial charge in [0.15, 0.2) is 0 Å². The van der Waals surface area contributed by atoms with Crippen LogP contribution in [-0.2, 0) is 16.6 Å². The molecule has 19 heavy (non-hydrogen) atoms. The number of sulfonamides is 1. The molecule has 1 aromatic carbocycles. The monoisotopic (exact) mass is 317 g/mol. The highest BCUT2D eigenvalue weighted by Gasteiger charge is 2.17. The molecule has 0 unspecified atom stereocenters. The number of nitrogens with two attached hydrogens (primary N) is 1. The zero-order valence-electron chi connectivity index (χ0n) is 9.76. The van der Waals surface area contributed by atoms with Crippen LogP contribution in [-0.4, -0.2) is 8.42 Å². The van der Waals surface area contributed by atoms with Crippen LogP contribution in [0.5, 0.6) is 0 Å². The van der Waals surface area contributed by atoms with Crippen molar-refractivity contribution in [2.75, 3.05) is 5.43 Å². The number of rotatable bonds is 5. The van der Waals surface area contributed by atoms with E-state index < -0.39 is 10.0 Å². The molecule has 8 heteroatoms. The van der Waals surface area contributed by atoms with E-state index in [1.165, 1.54) is 17.4 Å². The van der Waals surface area contributed by atoms with E-state index in [9.17, 15) is 8.42 Å². The van der Waals surface area contributed by atoms with Crippen molar-refractivity contribution in [3.63, 3.8) is 0 Å². The van der Waals surface area contributed by atoms with Gasteiger partial charge in [-0.25, -0.2) is 13.1 Å². The fourth-order valence-electron chi connectivity index (χ4n) is 1.51. The van der Waals surface area contributed by atoms with E-state index in [0.29, 0.717) is 10.0 Å². The summed E-state index contributed by atoms with van der Waals surface area (Å²) >= 11 is 7.12. The summed E-state index contributed by atoms with van der Waals surface area (Å²) in [6.45, 7) is 0.193. The van der Waals surface area contributed by atoms with E-state index in [0.717, 1.165) is 4.88 Å². The van der Waals surface area contributed by atoms with Crippen molar-refractivity contribution in [3.8, 4) is 0 Å². The van der Waals surface area contributed by atoms with Gasteiger partial charge in [0.1, 0.15) is 4.90 Å². The van der Waals surface area contributed by atoms with E-state index >= 15 is 0 Å². The molecule has 0 spiro atoms. The average Bonchev–Trinajstić information content (AvgIpc) is 2.82. The molecule has 2 aromatic rings. The van der Waals surface area contributed by atoms with Crippen molar-refractivity contribution in [2.45, 2.75) is 11.4 Å². The third kappa shape index (κ3) is 3.46. The van der Waals surface area contributed by atoms with Gasteiger partial charge in [0, 0.05) is 11.4 Å². The number of benzene rings is 1. The molecule has 0 saturated carbocycles. The van der Waals surface area contributed by atoms with Crippen molar-refractivity contribution < 1.29 is 8.42 Å². The van der Waals surface area contributed by atoms with E-state index in [1.807, 2.05) is 0 Å². The molecular formula is C11H12ClN3O2S2. The number of thiophene rings is 1. The first-order chi connectivity index (χ1) is 9.03. The predicted octanol–water partition coefficient (Wildman–Crippen LogP) is 2.17. The lowest BCUT2D eigenvalue weighted by Crippen LogP contribution is -2.24. The lowest BCUT2D eigenvalue weighted by atomic mass is 10.3. The Kier molecular flexibility index (Phi) is 4.43. The Labute approximate surface area is 120 Å². The lowest BCUT2D eigenvalue weighted by Gasteiger charge is -2.10. The summed E-state index contributed by atoms with van der Waals surface area (Å²) in [6, 6.07) is 9.92. The summed E-state index contributed by atoms with van der Waals surface area (Å²) in [7, 11) is -3.62. The molecule has 0 saturated heterocycles. The molecule has 0 radical (unpaired) electrons. The predicted molar refractivity (Wildman–Crippen MR) is 77.6 cm³/mol. The zero-order valence-corrected chi connectivity index (χ0v) is 12.1. The van der Waals surface area contributed by atoms with Crippen LogP contribution < -0.4 is 16.0 Å². The molecule has 4 N–H and O–H groups in total. The molecule has 0 aliphatic rings. The fourth-order valence-corrected chi connectivity index (χ4v) is 3.80. The van der Waals surface area contributed by atoms with Crippen LogP contribution in [0.4, 0.5) is 5.69 Å². The van der Waals surface area contributed by atoms with Crippen LogP contribution in [0.2, 0.25) is 4.34 Å². The molecule has 102 valence electrons. The molecule has 0 aliphatic heterocycles. The maximum absolute atomic E-state index is 12.2. The molecule has 0 aliphatic carbocycles. The minimum absolute atomic E-state index is 0.111. The molecule has 1 heterocycles. The van der Waals surface area contributed by atoms with E-state index in [-0.39, 0.29) is 11.4 Å². The third-order valence-corrected chi connectivity index (χ3v) is 5.09. The highest BCUT2D eigenvalue weighted by molar-refractivity contribution is 7.89. The quantitative estimate of drug-likeness (QED) is 0.583. The summed E-state index contributed by atoms with van der Waals surface area (Å²) in [6.07, 6.45) is 0. The van der Waals surface area contributed by atoms with Crippen molar-refractivity contribution in [2.24, 2.45) is 5.84 Å². The molecule has 0 fully saturated rings. The number of hydrazine groups is 1. The molecular weight excluding hydrogens is 306 g/mol. The number of nitrogen functional groups attached to an aromatic ring is 1. The van der Waals surface area contributed by atoms with Gasteiger partial charge >= 0.3 is 0 Å². The molecule has 2 rings (SSSR count). The normalized spacial score (nSPS) is 11.5. The SMILES string of the molecule is NNc1ccccc1S(=O)(=O)NCc1ccc(Cl)s1. The largest absolute Gasteiger partial charge is 0.323 e. The maximum Gasteiger partial charge on any atom is 0.243 e. The van der Waals surface area contributed by atoms with Crippen molar-refractivity contribution in [1.82, 2.24) is 4.72 Å². The highest BCUT2D eigenvalue weighted by Crippen LogP contribution is 2.23. The minimum atomic E-state index is -3.62. The molecule has 5 nitrogen and oxygen atoms in total. The molecule has 0 atom stereocenters. The zero-order chi connectivity index (χ0) is 13.9. The van der Waals surface area contributed by atoms with Crippen LogP contribution in [0, 0.1) is 0 Å². The second-order valence-corrected chi connectivity index (χ2v) is 7.21. The summed E-state index contributed by atoms with van der Waals surface area (Å²) in [5.74, 6) is 5.30. The number of para-hydroxylation sites is 1. The standard InChI is InChI=1S/C11H12ClN3O2S2/c12-11-6-5-8(18-11)7-14-19(16,17)10-4-2-1-3-9(10)15-13/h1-6,14-15H,7,13H2. The average molecular weight is 318 g/mol. The first-order valence-corrected chi connectivity index (χ1v) is 8.00. The first-order valence-electron chi connectivity index (χ1n) is 5.32. The Morgan fingerprint density at radius 2 is 1.95 bits per heavy atom. The van der Waals surface area contributed by atoms with Gasteiger partial charge in [-0.05, 0) is 24.3 Å². The Balaban J connectivity index is 2.18. The van der Waals surface area contributed by atoms with Gasteiger partial charge in [-0.1, -0.05) is 23.7 Å². The lowest BCUT2D eigenvalue weighted by molar-refractivity contribution is 0.582. The molecule has 0 bridgehead atoms. The number of halogens is 1. The third-order valence-electron chi connectivity index (χ3n) is 2.40. The molecule has 0 amide bonds. The van der Waals surface area contributed by atoms with Gasteiger partial charge in [0.05, 0.1) is 10.0 Å². The Morgan fingerprint density at radius 3 is 2.58 bits per heavy atom. The van der Waals surface area contributed by atoms with E-state index in [4.69, 9.17) is 17.4 Å². The second-order valence-electron chi connectivity index (χ2n) is 3.67. The first kappa shape index (κ1) is 14.3. The van der Waals surface area contributed by atoms with Gasteiger partial charge in [-0.15, -0.1) is 11.3 Å². The Bertz CT molecular complexity index is 670. The van der Waals surface area contributed by atoms with E-state index in [1.54, 1.807) is 30.3 Å². The highest BCUT2D eigenvalue weighted by atomic mass is 35.5. The van der Waals surface area contributed by atoms with Gasteiger partial charge in [-0.2, -0.15) is 0 Å². The smallest absolute Gasteiger partial charge is 0.243 e. The summed E-state index contributed by atoms with van der Waals surface area (Å²) in [4.78, 5) is 0.951. The Morgan fingerprint density at radius 1 is 1.21 bits per heavy atom. The molecule has 1 aromatic heterocycles. The maximum atomic E-state index is 12.2. The number of nitrogens with one attached hydrogen (secondary N) is 2. The second kappa shape index (κ2) is 5.89. The number of anilines is 1. The topological polar surface area (TPSA) is 84.2 Å². The van der Waals surface area contributed by atoms with Crippen LogP contribution >= 0.6 is 22.9 Å². The summed E-state index contributed by atoms with van der Waals surface area (Å²) in [5.41, 5.74) is 2.71. The van der Waals surface area contributed by atoms with Crippen LogP contribution in [0.1, 0.15) is 4.88 Å². The summed E-state index contributed by atoms with van der Waals surface area (Å²) in [5, 5.41) is 0. The van der Waals surface area contributed by atoms with Crippen LogP contribution in [0.25, 0.3) is 0 Å². The van der Waals surface area contributed by atoms with Crippen molar-refractivity contribution in [1.29, 1.82) is 0 Å². The van der Waals surface area contributed by atoms with Gasteiger partial charge < -0.3 is 5.43 Å². The van der Waals surface area contributed by atoms with Crippen molar-refractivity contribution in [3.05, 3.63) is 45.6 Å². The van der Waals surface area contributed by atoms with E-state index in [2.05, 4.69) is 10.1 Å². The van der Waals surface area contributed by atoms with Gasteiger partial charge in [0.25, 0.3) is 0 Å². The summed E-state index contributed by atoms with van der Waals surface area (Å²) < 4.78 is 27.4. The fraction of sp³-hybridized carbons (Fsp3) is 0.0909. The van der Waals surface area contributed by atoms with Crippen molar-refractivity contribution >= 4 is 38.6 Å². The van der Waals surface area contributed by atoms with Crippen LogP contribution in [0.3, 0.4) is 0 Å². The Hall–Kier alpha value is -1.12. The minimum Gasteiger partial charge on any atom is -0.323 e.